The van der Waals surface area contributed by atoms with Gasteiger partial charge in [0.15, 0.2) is 17.3 Å². The molecular formula is C17H23ClN4O3. The van der Waals surface area contributed by atoms with Gasteiger partial charge in [-0.3, -0.25) is 0 Å². The normalized spacial score (nSPS) is 19.5. The number of nitrogens with zero attached hydrogens (tertiary/aromatic N) is 3. The molecule has 136 valence electrons. The van der Waals surface area contributed by atoms with Gasteiger partial charge in [-0.25, -0.2) is 0 Å². The standard InChI is InChI=1S/C17H23ClN4O3/c1-23-6-5-22-16(20-21-17(22)11-7-13(19)8-11)10-25-14-4-3-12(18)9-15(14)24-2/h3-4,9,11,13H,5-8,10,19H2,1-2H3. The van der Waals surface area contributed by atoms with Crippen molar-refractivity contribution < 1.29 is 14.2 Å². The molecule has 0 saturated heterocycles. The summed E-state index contributed by atoms with van der Waals surface area (Å²) in [5.74, 6) is 3.27. The zero-order valence-electron chi connectivity index (χ0n) is 14.4. The quantitative estimate of drug-likeness (QED) is 0.772. The molecule has 0 aliphatic heterocycles. The van der Waals surface area contributed by atoms with Gasteiger partial charge in [0.2, 0.25) is 0 Å². The summed E-state index contributed by atoms with van der Waals surface area (Å²) >= 11 is 5.98. The smallest absolute Gasteiger partial charge is 0.171 e. The molecule has 0 unspecified atom stereocenters. The van der Waals surface area contributed by atoms with Crippen LogP contribution in [-0.4, -0.2) is 41.6 Å². The Hall–Kier alpha value is -1.83. The summed E-state index contributed by atoms with van der Waals surface area (Å²) in [6, 6.07) is 5.52. The summed E-state index contributed by atoms with van der Waals surface area (Å²) < 4.78 is 18.5. The van der Waals surface area contributed by atoms with E-state index in [9.17, 15) is 0 Å². The van der Waals surface area contributed by atoms with E-state index in [1.807, 2.05) is 0 Å². The molecule has 1 fully saturated rings. The van der Waals surface area contributed by atoms with Crippen molar-refractivity contribution >= 4 is 11.6 Å². The summed E-state index contributed by atoms with van der Waals surface area (Å²) in [6.07, 6.45) is 1.88. The Morgan fingerprint density at radius 2 is 2.04 bits per heavy atom. The number of hydrogen-bond acceptors (Lipinski definition) is 6. The molecule has 1 aliphatic rings. The molecule has 1 aromatic heterocycles. The van der Waals surface area contributed by atoms with Gasteiger partial charge in [0.25, 0.3) is 0 Å². The van der Waals surface area contributed by atoms with E-state index < -0.39 is 0 Å². The van der Waals surface area contributed by atoms with Crippen LogP contribution in [0.1, 0.15) is 30.4 Å². The molecule has 0 atom stereocenters. The SMILES string of the molecule is COCCn1c(COc2ccc(Cl)cc2OC)nnc1C1CC(N)C1. The molecule has 1 heterocycles. The molecule has 0 bridgehead atoms. The van der Waals surface area contributed by atoms with Gasteiger partial charge in [-0.1, -0.05) is 11.6 Å². The zero-order valence-corrected chi connectivity index (χ0v) is 15.2. The van der Waals surface area contributed by atoms with Crippen molar-refractivity contribution in [1.82, 2.24) is 14.8 Å². The molecular weight excluding hydrogens is 344 g/mol. The fourth-order valence-corrected chi connectivity index (χ4v) is 3.12. The lowest BCUT2D eigenvalue weighted by atomic mass is 9.80. The van der Waals surface area contributed by atoms with E-state index in [1.165, 1.54) is 0 Å². The van der Waals surface area contributed by atoms with E-state index in [2.05, 4.69) is 14.8 Å². The van der Waals surface area contributed by atoms with Gasteiger partial charge in [0.1, 0.15) is 12.4 Å². The number of rotatable bonds is 8. The summed E-state index contributed by atoms with van der Waals surface area (Å²) in [5, 5.41) is 9.27. The van der Waals surface area contributed by atoms with Gasteiger partial charge in [0.05, 0.1) is 13.7 Å². The highest BCUT2D eigenvalue weighted by atomic mass is 35.5. The van der Waals surface area contributed by atoms with Crippen LogP contribution in [0.4, 0.5) is 0 Å². The van der Waals surface area contributed by atoms with Crippen molar-refractivity contribution in [3.05, 3.63) is 34.9 Å². The molecule has 2 N–H and O–H groups in total. The molecule has 0 radical (unpaired) electrons. The maximum atomic E-state index is 5.98. The van der Waals surface area contributed by atoms with Gasteiger partial charge in [0, 0.05) is 36.7 Å². The van der Waals surface area contributed by atoms with Gasteiger partial charge < -0.3 is 24.5 Å². The summed E-state index contributed by atoms with van der Waals surface area (Å²) in [6.45, 7) is 1.55. The van der Waals surface area contributed by atoms with E-state index in [0.29, 0.717) is 35.6 Å². The zero-order chi connectivity index (χ0) is 17.8. The topological polar surface area (TPSA) is 84.4 Å². The first-order valence-electron chi connectivity index (χ1n) is 8.25. The van der Waals surface area contributed by atoms with Crippen molar-refractivity contribution in [1.29, 1.82) is 0 Å². The summed E-state index contributed by atoms with van der Waals surface area (Å²) in [7, 11) is 3.26. The van der Waals surface area contributed by atoms with Crippen LogP contribution in [-0.2, 0) is 17.9 Å². The predicted octanol–water partition coefficient (Wildman–Crippen LogP) is 2.37. The highest BCUT2D eigenvalue weighted by Gasteiger charge is 2.32. The Morgan fingerprint density at radius 3 is 2.72 bits per heavy atom. The lowest BCUT2D eigenvalue weighted by molar-refractivity contribution is 0.180. The lowest BCUT2D eigenvalue weighted by Gasteiger charge is -2.31. The Balaban J connectivity index is 1.75. The van der Waals surface area contributed by atoms with Crippen LogP contribution in [0.5, 0.6) is 11.5 Å². The largest absolute Gasteiger partial charge is 0.493 e. The Morgan fingerprint density at radius 1 is 1.24 bits per heavy atom. The second-order valence-corrected chi connectivity index (χ2v) is 6.57. The minimum absolute atomic E-state index is 0.260. The highest BCUT2D eigenvalue weighted by molar-refractivity contribution is 6.30. The molecule has 8 heteroatoms. The van der Waals surface area contributed by atoms with Crippen molar-refractivity contribution in [2.45, 2.75) is 38.0 Å². The lowest BCUT2D eigenvalue weighted by Crippen LogP contribution is -2.36. The average Bonchev–Trinajstić information content (AvgIpc) is 2.98. The number of methoxy groups -OCH3 is 2. The van der Waals surface area contributed by atoms with Crippen molar-refractivity contribution in [2.75, 3.05) is 20.8 Å². The van der Waals surface area contributed by atoms with Crippen molar-refractivity contribution in [2.24, 2.45) is 5.73 Å². The third-order valence-corrected chi connectivity index (χ3v) is 4.63. The first-order valence-corrected chi connectivity index (χ1v) is 8.63. The van der Waals surface area contributed by atoms with Crippen LogP contribution >= 0.6 is 11.6 Å². The molecule has 7 nitrogen and oxygen atoms in total. The Kier molecular flexibility index (Phi) is 5.78. The van der Waals surface area contributed by atoms with Crippen molar-refractivity contribution in [3.8, 4) is 11.5 Å². The number of nitrogens with two attached hydrogens (primary N) is 1. The van der Waals surface area contributed by atoms with Gasteiger partial charge >= 0.3 is 0 Å². The number of ether oxygens (including phenoxy) is 3. The van der Waals surface area contributed by atoms with Crippen LogP contribution < -0.4 is 15.2 Å². The molecule has 1 aromatic carbocycles. The monoisotopic (exact) mass is 366 g/mol. The number of aromatic nitrogens is 3. The molecule has 3 rings (SSSR count). The first-order chi connectivity index (χ1) is 12.1. The van der Waals surface area contributed by atoms with Gasteiger partial charge in [-0.05, 0) is 25.0 Å². The molecule has 2 aromatic rings. The highest BCUT2D eigenvalue weighted by Crippen LogP contribution is 2.35. The molecule has 0 spiro atoms. The Bertz CT molecular complexity index is 716. The maximum Gasteiger partial charge on any atom is 0.171 e. The van der Waals surface area contributed by atoms with Gasteiger partial charge in [-0.15, -0.1) is 10.2 Å². The number of halogens is 1. The maximum absolute atomic E-state index is 5.98. The first kappa shape index (κ1) is 18.0. The molecule has 0 amide bonds. The Labute approximate surface area is 152 Å². The fourth-order valence-electron chi connectivity index (χ4n) is 2.96. The summed E-state index contributed by atoms with van der Waals surface area (Å²) in [5.41, 5.74) is 5.91. The van der Waals surface area contributed by atoms with Crippen molar-refractivity contribution in [3.63, 3.8) is 0 Å². The van der Waals surface area contributed by atoms with Crippen LogP contribution in [0.25, 0.3) is 0 Å². The minimum Gasteiger partial charge on any atom is -0.493 e. The summed E-state index contributed by atoms with van der Waals surface area (Å²) in [4.78, 5) is 0. The predicted molar refractivity (Wildman–Crippen MR) is 94.2 cm³/mol. The average molecular weight is 367 g/mol. The van der Waals surface area contributed by atoms with E-state index in [4.69, 9.17) is 31.5 Å². The van der Waals surface area contributed by atoms with E-state index in [0.717, 1.165) is 24.5 Å². The second kappa shape index (κ2) is 8.03. The van der Waals surface area contributed by atoms with Gasteiger partial charge in [-0.2, -0.15) is 0 Å². The third-order valence-electron chi connectivity index (χ3n) is 4.40. The van der Waals surface area contributed by atoms with E-state index >= 15 is 0 Å². The van der Waals surface area contributed by atoms with E-state index in [-0.39, 0.29) is 12.6 Å². The minimum atomic E-state index is 0.260. The molecule has 1 saturated carbocycles. The van der Waals surface area contributed by atoms with Crippen LogP contribution in [0, 0.1) is 0 Å². The second-order valence-electron chi connectivity index (χ2n) is 6.13. The van der Waals surface area contributed by atoms with Crippen LogP contribution in [0.2, 0.25) is 5.02 Å². The number of hydrogen-bond donors (Lipinski definition) is 1. The van der Waals surface area contributed by atoms with E-state index in [1.54, 1.807) is 32.4 Å². The molecule has 1 aliphatic carbocycles. The third kappa shape index (κ3) is 4.05. The van der Waals surface area contributed by atoms with Crippen LogP contribution in [0.15, 0.2) is 18.2 Å². The molecule has 25 heavy (non-hydrogen) atoms. The number of benzene rings is 1. The van der Waals surface area contributed by atoms with Crippen LogP contribution in [0.3, 0.4) is 0 Å². The fraction of sp³-hybridized carbons (Fsp3) is 0.529.